The standard InChI is InChI=1S/C14H21N3O/c1-3-4-9-18-10-5-7-16-14-13(11-15)12(2)6-8-17-14/h6,8H,3-5,7,9-10H2,1-2H3,(H,16,17). The zero-order valence-electron chi connectivity index (χ0n) is 11.2. The highest BCUT2D eigenvalue weighted by molar-refractivity contribution is 5.55. The van der Waals surface area contributed by atoms with Crippen molar-refractivity contribution >= 4 is 5.82 Å². The van der Waals surface area contributed by atoms with Crippen molar-refractivity contribution < 1.29 is 4.74 Å². The van der Waals surface area contributed by atoms with Crippen molar-refractivity contribution in [1.29, 1.82) is 5.26 Å². The van der Waals surface area contributed by atoms with Crippen LogP contribution in [0.2, 0.25) is 0 Å². The van der Waals surface area contributed by atoms with E-state index in [-0.39, 0.29) is 0 Å². The lowest BCUT2D eigenvalue weighted by Crippen LogP contribution is -2.09. The van der Waals surface area contributed by atoms with Crippen LogP contribution in [0.25, 0.3) is 0 Å². The van der Waals surface area contributed by atoms with Crippen LogP contribution in [-0.4, -0.2) is 24.7 Å². The van der Waals surface area contributed by atoms with Crippen LogP contribution in [0.4, 0.5) is 5.82 Å². The van der Waals surface area contributed by atoms with E-state index in [1.807, 2.05) is 13.0 Å². The molecule has 1 N–H and O–H groups in total. The van der Waals surface area contributed by atoms with Crippen molar-refractivity contribution in [3.05, 3.63) is 23.4 Å². The molecule has 1 heterocycles. The number of nitriles is 1. The number of pyridine rings is 1. The van der Waals surface area contributed by atoms with Crippen molar-refractivity contribution in [2.75, 3.05) is 25.1 Å². The van der Waals surface area contributed by atoms with Gasteiger partial charge in [-0.25, -0.2) is 4.98 Å². The predicted molar refractivity (Wildman–Crippen MR) is 72.5 cm³/mol. The first-order valence-electron chi connectivity index (χ1n) is 6.47. The third-order valence-corrected chi connectivity index (χ3v) is 2.67. The topological polar surface area (TPSA) is 57.9 Å². The Kier molecular flexibility index (Phi) is 6.82. The molecule has 1 aromatic rings. The van der Waals surface area contributed by atoms with Crippen molar-refractivity contribution in [1.82, 2.24) is 4.98 Å². The van der Waals surface area contributed by atoms with Gasteiger partial charge >= 0.3 is 0 Å². The second-order valence-corrected chi connectivity index (χ2v) is 4.21. The number of hydrogen-bond acceptors (Lipinski definition) is 4. The van der Waals surface area contributed by atoms with Crippen LogP contribution >= 0.6 is 0 Å². The van der Waals surface area contributed by atoms with Crippen molar-refractivity contribution in [2.45, 2.75) is 33.1 Å². The summed E-state index contributed by atoms with van der Waals surface area (Å²) in [6.07, 6.45) is 4.92. The second kappa shape index (κ2) is 8.48. The summed E-state index contributed by atoms with van der Waals surface area (Å²) in [7, 11) is 0. The summed E-state index contributed by atoms with van der Waals surface area (Å²) in [4.78, 5) is 4.18. The Labute approximate surface area is 109 Å². The SMILES string of the molecule is CCCCOCCCNc1nccc(C)c1C#N. The molecule has 1 aromatic heterocycles. The Morgan fingerprint density at radius 1 is 1.39 bits per heavy atom. The Morgan fingerprint density at radius 3 is 2.89 bits per heavy atom. The Morgan fingerprint density at radius 2 is 2.17 bits per heavy atom. The molecule has 0 aromatic carbocycles. The number of hydrogen-bond donors (Lipinski definition) is 1. The number of aryl methyl sites for hydroxylation is 1. The van der Waals surface area contributed by atoms with E-state index in [9.17, 15) is 0 Å². The van der Waals surface area contributed by atoms with Crippen LogP contribution in [0.1, 0.15) is 37.3 Å². The molecule has 0 aliphatic rings. The first-order chi connectivity index (χ1) is 8.79. The van der Waals surface area contributed by atoms with Gasteiger partial charge in [-0.1, -0.05) is 13.3 Å². The molecule has 0 bridgehead atoms. The van der Waals surface area contributed by atoms with Crippen LogP contribution in [0.15, 0.2) is 12.3 Å². The van der Waals surface area contributed by atoms with Gasteiger partial charge in [0.15, 0.2) is 0 Å². The molecule has 0 aliphatic carbocycles. The van der Waals surface area contributed by atoms with E-state index in [1.165, 1.54) is 0 Å². The molecule has 0 aliphatic heterocycles. The minimum atomic E-state index is 0.629. The fraction of sp³-hybridized carbons (Fsp3) is 0.571. The van der Waals surface area contributed by atoms with E-state index in [0.29, 0.717) is 11.4 Å². The molecule has 0 atom stereocenters. The normalized spacial score (nSPS) is 10.1. The zero-order valence-corrected chi connectivity index (χ0v) is 11.2. The van der Waals surface area contributed by atoms with Gasteiger partial charge in [0.1, 0.15) is 11.9 Å². The minimum Gasteiger partial charge on any atom is -0.381 e. The van der Waals surface area contributed by atoms with Gasteiger partial charge in [-0.15, -0.1) is 0 Å². The molecule has 0 spiro atoms. The van der Waals surface area contributed by atoms with Gasteiger partial charge in [0.25, 0.3) is 0 Å². The van der Waals surface area contributed by atoms with Gasteiger partial charge in [0.2, 0.25) is 0 Å². The molecule has 0 amide bonds. The third-order valence-electron chi connectivity index (χ3n) is 2.67. The number of unbranched alkanes of at least 4 members (excludes halogenated alkanes) is 1. The molecule has 4 nitrogen and oxygen atoms in total. The summed E-state index contributed by atoms with van der Waals surface area (Å²) in [5.74, 6) is 0.672. The molecule has 18 heavy (non-hydrogen) atoms. The summed E-state index contributed by atoms with van der Waals surface area (Å²) in [6, 6.07) is 4.02. The molecule has 1 rings (SSSR count). The number of rotatable bonds is 8. The van der Waals surface area contributed by atoms with Gasteiger partial charge < -0.3 is 10.1 Å². The molecule has 0 saturated carbocycles. The summed E-state index contributed by atoms with van der Waals surface area (Å²) in [6.45, 7) is 6.43. The van der Waals surface area contributed by atoms with Gasteiger partial charge in [-0.05, 0) is 31.4 Å². The highest BCUT2D eigenvalue weighted by Gasteiger charge is 2.04. The van der Waals surface area contributed by atoms with E-state index in [2.05, 4.69) is 23.3 Å². The van der Waals surface area contributed by atoms with Gasteiger partial charge in [0.05, 0.1) is 5.56 Å². The zero-order chi connectivity index (χ0) is 13.2. The summed E-state index contributed by atoms with van der Waals surface area (Å²) >= 11 is 0. The summed E-state index contributed by atoms with van der Waals surface area (Å²) < 4.78 is 5.47. The fourth-order valence-electron chi connectivity index (χ4n) is 1.56. The van der Waals surface area contributed by atoms with E-state index >= 15 is 0 Å². The molecule has 4 heteroatoms. The number of ether oxygens (including phenoxy) is 1. The van der Waals surface area contributed by atoms with Crippen LogP contribution < -0.4 is 5.32 Å². The smallest absolute Gasteiger partial charge is 0.144 e. The molecule has 0 unspecified atom stereocenters. The molecular formula is C14H21N3O. The third kappa shape index (κ3) is 4.72. The number of anilines is 1. The van der Waals surface area contributed by atoms with Crippen molar-refractivity contribution in [3.8, 4) is 6.07 Å². The predicted octanol–water partition coefficient (Wildman–Crippen LogP) is 2.88. The molecule has 98 valence electrons. The lowest BCUT2D eigenvalue weighted by atomic mass is 10.1. The molecule has 0 fully saturated rings. The maximum atomic E-state index is 9.04. The number of aromatic nitrogens is 1. The average molecular weight is 247 g/mol. The lowest BCUT2D eigenvalue weighted by Gasteiger charge is -2.08. The number of nitrogens with one attached hydrogen (secondary N) is 1. The van der Waals surface area contributed by atoms with Crippen LogP contribution in [0, 0.1) is 18.3 Å². The molecule has 0 radical (unpaired) electrons. The van der Waals surface area contributed by atoms with Crippen LogP contribution in [-0.2, 0) is 4.74 Å². The highest BCUT2D eigenvalue weighted by atomic mass is 16.5. The van der Waals surface area contributed by atoms with Gasteiger partial charge in [0, 0.05) is 26.0 Å². The van der Waals surface area contributed by atoms with Crippen molar-refractivity contribution in [3.63, 3.8) is 0 Å². The van der Waals surface area contributed by atoms with Crippen LogP contribution in [0.3, 0.4) is 0 Å². The first-order valence-corrected chi connectivity index (χ1v) is 6.47. The number of nitrogens with zero attached hydrogens (tertiary/aromatic N) is 2. The summed E-state index contributed by atoms with van der Waals surface area (Å²) in [5, 5.41) is 12.2. The fourth-order valence-corrected chi connectivity index (χ4v) is 1.56. The Hall–Kier alpha value is -1.60. The van der Waals surface area contributed by atoms with Gasteiger partial charge in [-0.2, -0.15) is 5.26 Å². The van der Waals surface area contributed by atoms with E-state index in [0.717, 1.165) is 44.6 Å². The Balaban J connectivity index is 2.28. The first kappa shape index (κ1) is 14.5. The molecular weight excluding hydrogens is 226 g/mol. The highest BCUT2D eigenvalue weighted by Crippen LogP contribution is 2.14. The Bertz CT molecular complexity index is 399. The quantitative estimate of drug-likeness (QED) is 0.718. The second-order valence-electron chi connectivity index (χ2n) is 4.21. The summed E-state index contributed by atoms with van der Waals surface area (Å²) in [5.41, 5.74) is 1.58. The lowest BCUT2D eigenvalue weighted by molar-refractivity contribution is 0.131. The van der Waals surface area contributed by atoms with E-state index < -0.39 is 0 Å². The maximum Gasteiger partial charge on any atom is 0.144 e. The van der Waals surface area contributed by atoms with Crippen molar-refractivity contribution in [2.24, 2.45) is 0 Å². The monoisotopic (exact) mass is 247 g/mol. The largest absolute Gasteiger partial charge is 0.381 e. The van der Waals surface area contributed by atoms with Crippen LogP contribution in [0.5, 0.6) is 0 Å². The van der Waals surface area contributed by atoms with Gasteiger partial charge in [-0.3, -0.25) is 0 Å². The minimum absolute atomic E-state index is 0.629. The van der Waals surface area contributed by atoms with E-state index in [1.54, 1.807) is 6.20 Å². The molecule has 0 saturated heterocycles. The average Bonchev–Trinajstić information content (AvgIpc) is 2.38. The maximum absolute atomic E-state index is 9.04. The van der Waals surface area contributed by atoms with E-state index in [4.69, 9.17) is 10.00 Å².